The van der Waals surface area contributed by atoms with Gasteiger partial charge in [-0.1, -0.05) is 18.2 Å². The predicted octanol–water partition coefficient (Wildman–Crippen LogP) is 2.48. The van der Waals surface area contributed by atoms with E-state index in [-0.39, 0.29) is 11.9 Å². The number of anilines is 1. The quantitative estimate of drug-likeness (QED) is 0.886. The molecule has 2 atom stereocenters. The number of hydrogen-bond acceptors (Lipinski definition) is 2. The van der Waals surface area contributed by atoms with Crippen LogP contribution < -0.4 is 10.2 Å². The molecule has 1 aromatic rings. The summed E-state index contributed by atoms with van der Waals surface area (Å²) >= 11 is 0. The Balaban J connectivity index is 1.86. The van der Waals surface area contributed by atoms with Gasteiger partial charge in [0.25, 0.3) is 0 Å². The van der Waals surface area contributed by atoms with Crippen LogP contribution in [0.4, 0.5) is 5.69 Å². The summed E-state index contributed by atoms with van der Waals surface area (Å²) in [6, 6.07) is 8.91. The molecule has 1 heterocycles. The van der Waals surface area contributed by atoms with E-state index in [4.69, 9.17) is 0 Å². The predicted molar refractivity (Wildman–Crippen MR) is 72.5 cm³/mol. The molecule has 1 fully saturated rings. The number of benzene rings is 1. The highest BCUT2D eigenvalue weighted by molar-refractivity contribution is 5.96. The maximum atomic E-state index is 12.0. The van der Waals surface area contributed by atoms with E-state index < -0.39 is 0 Å². The third kappa shape index (κ3) is 2.03. The fourth-order valence-corrected chi connectivity index (χ4v) is 2.84. The van der Waals surface area contributed by atoms with Gasteiger partial charge in [0, 0.05) is 31.2 Å². The van der Waals surface area contributed by atoms with Crippen molar-refractivity contribution in [2.45, 2.75) is 38.3 Å². The van der Waals surface area contributed by atoms with E-state index in [9.17, 15) is 4.79 Å². The Morgan fingerprint density at radius 3 is 2.78 bits per heavy atom. The number of para-hydroxylation sites is 1. The summed E-state index contributed by atoms with van der Waals surface area (Å²) in [4.78, 5) is 13.8. The van der Waals surface area contributed by atoms with Crippen LogP contribution in [-0.4, -0.2) is 19.0 Å². The van der Waals surface area contributed by atoms with Crippen molar-refractivity contribution in [1.82, 2.24) is 5.32 Å². The highest BCUT2D eigenvalue weighted by Gasteiger charge is 2.33. The summed E-state index contributed by atoms with van der Waals surface area (Å²) in [7, 11) is 1.86. The van der Waals surface area contributed by atoms with Gasteiger partial charge in [0.1, 0.15) is 0 Å². The minimum absolute atomic E-state index is 0.181. The van der Waals surface area contributed by atoms with Crippen LogP contribution in [0.3, 0.4) is 0 Å². The van der Waals surface area contributed by atoms with Crippen molar-refractivity contribution >= 4 is 11.6 Å². The van der Waals surface area contributed by atoms with Crippen molar-refractivity contribution in [3.63, 3.8) is 0 Å². The zero-order valence-electron chi connectivity index (χ0n) is 11.0. The molecule has 3 rings (SSSR count). The van der Waals surface area contributed by atoms with Crippen molar-refractivity contribution in [2.24, 2.45) is 5.92 Å². The van der Waals surface area contributed by atoms with E-state index in [0.717, 1.165) is 11.6 Å². The van der Waals surface area contributed by atoms with Crippen LogP contribution in [0.15, 0.2) is 24.3 Å². The third-order valence-corrected chi connectivity index (χ3v) is 4.22. The topological polar surface area (TPSA) is 32.3 Å². The number of amides is 1. The molecule has 0 bridgehead atoms. The molecular formula is C15H20N2O. The molecule has 2 aliphatic rings. The highest BCUT2D eigenvalue weighted by Crippen LogP contribution is 2.37. The van der Waals surface area contributed by atoms with Crippen LogP contribution >= 0.6 is 0 Å². The summed E-state index contributed by atoms with van der Waals surface area (Å²) in [6.07, 6.45) is 3.23. The Morgan fingerprint density at radius 1 is 1.33 bits per heavy atom. The van der Waals surface area contributed by atoms with Gasteiger partial charge in [-0.2, -0.15) is 0 Å². The Morgan fingerprint density at radius 2 is 2.06 bits per heavy atom. The fourth-order valence-electron chi connectivity index (χ4n) is 2.84. The Bertz CT molecular complexity index is 467. The molecule has 0 aromatic heterocycles. The second-order valence-electron chi connectivity index (χ2n) is 5.56. The van der Waals surface area contributed by atoms with Crippen LogP contribution in [0.2, 0.25) is 0 Å². The van der Waals surface area contributed by atoms with E-state index >= 15 is 0 Å². The van der Waals surface area contributed by atoms with Crippen molar-refractivity contribution in [2.75, 3.05) is 11.9 Å². The molecule has 0 radical (unpaired) electrons. The lowest BCUT2D eigenvalue weighted by Crippen LogP contribution is -2.41. The molecule has 1 aliphatic carbocycles. The molecule has 18 heavy (non-hydrogen) atoms. The smallest absolute Gasteiger partial charge is 0.228 e. The number of hydrogen-bond donors (Lipinski definition) is 1. The molecule has 1 saturated carbocycles. The molecule has 3 heteroatoms. The first-order valence-corrected chi connectivity index (χ1v) is 6.78. The third-order valence-electron chi connectivity index (χ3n) is 4.22. The van der Waals surface area contributed by atoms with Crippen LogP contribution in [0.25, 0.3) is 0 Å². The number of carbonyl (C=O) groups is 1. The molecule has 1 N–H and O–H groups in total. The van der Waals surface area contributed by atoms with Gasteiger partial charge in [0.15, 0.2) is 0 Å². The van der Waals surface area contributed by atoms with E-state index in [1.54, 1.807) is 4.90 Å². The van der Waals surface area contributed by atoms with Crippen molar-refractivity contribution in [3.05, 3.63) is 29.8 Å². The standard InChI is InChI=1S/C15H20N2O/c1-10(11-7-8-11)16-13-9-15(18)17(2)14-6-4-3-5-12(13)14/h3-6,10-11,13,16H,7-9H2,1-2H3. The second kappa shape index (κ2) is 4.39. The summed E-state index contributed by atoms with van der Waals surface area (Å²) in [5.74, 6) is 1.01. The molecule has 1 aliphatic heterocycles. The van der Waals surface area contributed by atoms with Gasteiger partial charge >= 0.3 is 0 Å². The fraction of sp³-hybridized carbons (Fsp3) is 0.533. The first-order chi connectivity index (χ1) is 8.66. The van der Waals surface area contributed by atoms with Gasteiger partial charge in [-0.25, -0.2) is 0 Å². The highest BCUT2D eigenvalue weighted by atomic mass is 16.2. The zero-order valence-corrected chi connectivity index (χ0v) is 11.0. The summed E-state index contributed by atoms with van der Waals surface area (Å²) in [5.41, 5.74) is 2.31. The zero-order chi connectivity index (χ0) is 12.7. The number of nitrogens with one attached hydrogen (secondary N) is 1. The lowest BCUT2D eigenvalue weighted by molar-refractivity contribution is -0.119. The van der Waals surface area contributed by atoms with Crippen molar-refractivity contribution < 1.29 is 4.79 Å². The number of carbonyl (C=O) groups excluding carboxylic acids is 1. The van der Waals surface area contributed by atoms with Gasteiger partial charge in [-0.05, 0) is 37.3 Å². The average molecular weight is 244 g/mol. The number of nitrogens with zero attached hydrogens (tertiary/aromatic N) is 1. The number of fused-ring (bicyclic) bond motifs is 1. The normalized spacial score (nSPS) is 24.9. The van der Waals surface area contributed by atoms with Gasteiger partial charge in [0.05, 0.1) is 0 Å². The Kier molecular flexibility index (Phi) is 2.86. The van der Waals surface area contributed by atoms with Crippen LogP contribution in [0, 0.1) is 5.92 Å². The van der Waals surface area contributed by atoms with E-state index in [1.165, 1.54) is 18.4 Å². The van der Waals surface area contributed by atoms with Gasteiger partial charge in [-0.15, -0.1) is 0 Å². The van der Waals surface area contributed by atoms with Crippen LogP contribution in [-0.2, 0) is 4.79 Å². The SMILES string of the molecule is CC(NC1CC(=O)N(C)c2ccccc21)C1CC1. The Labute approximate surface area is 108 Å². The summed E-state index contributed by atoms with van der Waals surface area (Å²) < 4.78 is 0. The maximum absolute atomic E-state index is 12.0. The molecule has 0 spiro atoms. The van der Waals surface area contributed by atoms with Gasteiger partial charge in [0.2, 0.25) is 5.91 Å². The largest absolute Gasteiger partial charge is 0.315 e. The van der Waals surface area contributed by atoms with E-state index in [1.807, 2.05) is 19.2 Å². The maximum Gasteiger partial charge on any atom is 0.228 e. The second-order valence-corrected chi connectivity index (χ2v) is 5.56. The van der Waals surface area contributed by atoms with Crippen molar-refractivity contribution in [1.29, 1.82) is 0 Å². The van der Waals surface area contributed by atoms with Crippen LogP contribution in [0.1, 0.15) is 37.8 Å². The van der Waals surface area contributed by atoms with E-state index in [2.05, 4.69) is 24.4 Å². The average Bonchev–Trinajstić information content (AvgIpc) is 3.20. The molecule has 2 unspecified atom stereocenters. The van der Waals surface area contributed by atoms with Crippen LogP contribution in [0.5, 0.6) is 0 Å². The molecule has 96 valence electrons. The first kappa shape index (κ1) is 11.7. The first-order valence-electron chi connectivity index (χ1n) is 6.78. The molecule has 3 nitrogen and oxygen atoms in total. The Hall–Kier alpha value is -1.35. The number of rotatable bonds is 3. The van der Waals surface area contributed by atoms with Gasteiger partial charge < -0.3 is 10.2 Å². The molecule has 1 aromatic carbocycles. The lowest BCUT2D eigenvalue weighted by Gasteiger charge is -2.33. The summed E-state index contributed by atoms with van der Waals surface area (Å²) in [6.45, 7) is 2.24. The minimum atomic E-state index is 0.181. The molecule has 1 amide bonds. The van der Waals surface area contributed by atoms with Crippen molar-refractivity contribution in [3.8, 4) is 0 Å². The lowest BCUT2D eigenvalue weighted by atomic mass is 9.95. The molecule has 0 saturated heterocycles. The molecular weight excluding hydrogens is 224 g/mol. The monoisotopic (exact) mass is 244 g/mol. The summed E-state index contributed by atoms with van der Waals surface area (Å²) in [5, 5.41) is 3.64. The van der Waals surface area contributed by atoms with E-state index in [0.29, 0.717) is 12.5 Å². The van der Waals surface area contributed by atoms with Gasteiger partial charge in [-0.3, -0.25) is 4.79 Å². The minimum Gasteiger partial charge on any atom is -0.315 e.